The lowest BCUT2D eigenvalue weighted by molar-refractivity contribution is 0.133. The van der Waals surface area contributed by atoms with E-state index in [0.717, 1.165) is 50.2 Å². The monoisotopic (exact) mass is 314 g/mol. The highest BCUT2D eigenvalue weighted by atomic mass is 79.9. The van der Waals surface area contributed by atoms with Crippen LogP contribution in [0.5, 0.6) is 0 Å². The number of alkyl halides is 1. The Morgan fingerprint density at radius 1 is 1.17 bits per heavy atom. The van der Waals surface area contributed by atoms with Crippen molar-refractivity contribution in [2.45, 2.75) is 13.5 Å². The lowest BCUT2D eigenvalue weighted by atomic mass is 10.1. The molecule has 1 aliphatic rings. The van der Waals surface area contributed by atoms with Crippen molar-refractivity contribution in [1.29, 1.82) is 0 Å². The van der Waals surface area contributed by atoms with Crippen molar-refractivity contribution >= 4 is 15.9 Å². The van der Waals surface area contributed by atoms with Gasteiger partial charge in [0.05, 0.1) is 0 Å². The predicted octanol–water partition coefficient (Wildman–Crippen LogP) is 2.65. The number of nitrogens with zero attached hydrogens (tertiary/aromatic N) is 2. The molecule has 100 valence electrons. The topological polar surface area (TPSA) is 6.48 Å². The van der Waals surface area contributed by atoms with Crippen LogP contribution in [0.25, 0.3) is 0 Å². The highest BCUT2D eigenvalue weighted by Gasteiger charge is 2.16. The number of hydrogen-bond donors (Lipinski definition) is 0. The molecule has 0 aliphatic carbocycles. The summed E-state index contributed by atoms with van der Waals surface area (Å²) in [6.45, 7) is 8.52. The second kappa shape index (κ2) is 6.64. The maximum atomic E-state index is 13.0. The summed E-state index contributed by atoms with van der Waals surface area (Å²) in [7, 11) is 0. The third-order valence-corrected chi connectivity index (χ3v) is 3.92. The SMILES string of the molecule is Cc1cc(F)ccc1CN1CCN(CCBr)CC1. The fourth-order valence-corrected chi connectivity index (χ4v) is 2.87. The highest BCUT2D eigenvalue weighted by Crippen LogP contribution is 2.14. The number of rotatable bonds is 4. The molecule has 0 amide bonds. The van der Waals surface area contributed by atoms with E-state index in [4.69, 9.17) is 0 Å². The molecule has 1 heterocycles. The molecule has 0 atom stereocenters. The van der Waals surface area contributed by atoms with E-state index in [1.54, 1.807) is 12.1 Å². The van der Waals surface area contributed by atoms with Gasteiger partial charge in [-0.3, -0.25) is 9.80 Å². The van der Waals surface area contributed by atoms with Gasteiger partial charge in [-0.2, -0.15) is 0 Å². The van der Waals surface area contributed by atoms with Gasteiger partial charge in [0.2, 0.25) is 0 Å². The average Bonchev–Trinajstić information content (AvgIpc) is 2.35. The standard InChI is InChI=1S/C14H20BrFN2/c1-12-10-14(16)3-2-13(12)11-18-8-6-17(5-4-15)7-9-18/h2-3,10H,4-9,11H2,1H3. The molecule has 1 fully saturated rings. The summed E-state index contributed by atoms with van der Waals surface area (Å²) in [5, 5.41) is 1.05. The molecule has 2 rings (SSSR count). The van der Waals surface area contributed by atoms with Crippen LogP contribution in [0.3, 0.4) is 0 Å². The van der Waals surface area contributed by atoms with Crippen LogP contribution in [0, 0.1) is 12.7 Å². The largest absolute Gasteiger partial charge is 0.300 e. The van der Waals surface area contributed by atoms with Gasteiger partial charge in [-0.15, -0.1) is 0 Å². The Kier molecular flexibility index (Phi) is 5.15. The number of benzene rings is 1. The lowest BCUT2D eigenvalue weighted by Crippen LogP contribution is -2.46. The molecule has 0 unspecified atom stereocenters. The van der Waals surface area contributed by atoms with E-state index in [2.05, 4.69) is 25.7 Å². The van der Waals surface area contributed by atoms with Gasteiger partial charge < -0.3 is 0 Å². The predicted molar refractivity (Wildman–Crippen MR) is 76.6 cm³/mol. The first kappa shape index (κ1) is 14.0. The fourth-order valence-electron chi connectivity index (χ4n) is 2.37. The molecule has 2 nitrogen and oxygen atoms in total. The van der Waals surface area contributed by atoms with Gasteiger partial charge in [0, 0.05) is 44.6 Å². The zero-order chi connectivity index (χ0) is 13.0. The molecule has 0 radical (unpaired) electrons. The van der Waals surface area contributed by atoms with Gasteiger partial charge in [0.1, 0.15) is 5.82 Å². The van der Waals surface area contributed by atoms with Crippen LogP contribution < -0.4 is 0 Å². The molecule has 0 saturated carbocycles. The summed E-state index contributed by atoms with van der Waals surface area (Å²) in [5.41, 5.74) is 2.29. The molecule has 1 aliphatic heterocycles. The van der Waals surface area contributed by atoms with Gasteiger partial charge >= 0.3 is 0 Å². The van der Waals surface area contributed by atoms with Crippen LogP contribution in [-0.4, -0.2) is 47.9 Å². The Morgan fingerprint density at radius 2 is 1.83 bits per heavy atom. The maximum absolute atomic E-state index is 13.0. The second-order valence-corrected chi connectivity index (χ2v) is 5.67. The van der Waals surface area contributed by atoms with Gasteiger partial charge in [0.25, 0.3) is 0 Å². The first-order chi connectivity index (χ1) is 8.69. The van der Waals surface area contributed by atoms with Crippen LogP contribution in [0.15, 0.2) is 18.2 Å². The van der Waals surface area contributed by atoms with Crippen LogP contribution in [0.2, 0.25) is 0 Å². The summed E-state index contributed by atoms with van der Waals surface area (Å²) < 4.78 is 13.0. The molecule has 0 spiro atoms. The van der Waals surface area contributed by atoms with Gasteiger partial charge in [-0.1, -0.05) is 22.0 Å². The molecule has 1 aromatic rings. The second-order valence-electron chi connectivity index (χ2n) is 4.88. The Morgan fingerprint density at radius 3 is 2.44 bits per heavy atom. The number of hydrogen-bond acceptors (Lipinski definition) is 2. The normalized spacial score (nSPS) is 18.2. The Labute approximate surface area is 117 Å². The Hall–Kier alpha value is -0.450. The van der Waals surface area contributed by atoms with Crippen molar-refractivity contribution in [3.63, 3.8) is 0 Å². The maximum Gasteiger partial charge on any atom is 0.123 e. The summed E-state index contributed by atoms with van der Waals surface area (Å²) in [5.74, 6) is -0.140. The van der Waals surface area contributed by atoms with Gasteiger partial charge in [-0.25, -0.2) is 4.39 Å². The van der Waals surface area contributed by atoms with Crippen molar-refractivity contribution in [3.8, 4) is 0 Å². The first-order valence-corrected chi connectivity index (χ1v) is 7.57. The van der Waals surface area contributed by atoms with Crippen LogP contribution >= 0.6 is 15.9 Å². The summed E-state index contributed by atoms with van der Waals surface area (Å²) >= 11 is 3.48. The van der Waals surface area contributed by atoms with Gasteiger partial charge in [-0.05, 0) is 30.2 Å². The molecule has 0 N–H and O–H groups in total. The minimum atomic E-state index is -0.140. The molecular formula is C14H20BrFN2. The highest BCUT2D eigenvalue weighted by molar-refractivity contribution is 9.09. The summed E-state index contributed by atoms with van der Waals surface area (Å²) in [6.07, 6.45) is 0. The number of aryl methyl sites for hydroxylation is 1. The van der Waals surface area contributed by atoms with Crippen LogP contribution in [0.1, 0.15) is 11.1 Å². The molecule has 0 aromatic heterocycles. The smallest absolute Gasteiger partial charge is 0.123 e. The Bertz CT molecular complexity index is 389. The summed E-state index contributed by atoms with van der Waals surface area (Å²) in [4.78, 5) is 4.92. The molecule has 0 bridgehead atoms. The molecule has 1 aromatic carbocycles. The zero-order valence-electron chi connectivity index (χ0n) is 10.8. The molecular weight excluding hydrogens is 295 g/mol. The van der Waals surface area contributed by atoms with E-state index in [-0.39, 0.29) is 5.82 Å². The summed E-state index contributed by atoms with van der Waals surface area (Å²) in [6, 6.07) is 5.09. The third-order valence-electron chi connectivity index (χ3n) is 3.56. The number of halogens is 2. The van der Waals surface area contributed by atoms with Crippen LogP contribution in [0.4, 0.5) is 4.39 Å². The minimum absolute atomic E-state index is 0.140. The zero-order valence-corrected chi connectivity index (χ0v) is 12.4. The quantitative estimate of drug-likeness (QED) is 0.788. The van der Waals surface area contributed by atoms with E-state index < -0.39 is 0 Å². The minimum Gasteiger partial charge on any atom is -0.300 e. The number of piperazine rings is 1. The first-order valence-electron chi connectivity index (χ1n) is 6.45. The molecule has 4 heteroatoms. The average molecular weight is 315 g/mol. The van der Waals surface area contributed by atoms with Gasteiger partial charge in [0.15, 0.2) is 0 Å². The van der Waals surface area contributed by atoms with E-state index in [1.807, 2.05) is 13.0 Å². The van der Waals surface area contributed by atoms with E-state index in [1.165, 1.54) is 5.56 Å². The lowest BCUT2D eigenvalue weighted by Gasteiger charge is -2.34. The fraction of sp³-hybridized carbons (Fsp3) is 0.571. The van der Waals surface area contributed by atoms with E-state index in [9.17, 15) is 4.39 Å². The van der Waals surface area contributed by atoms with Crippen molar-refractivity contribution in [2.75, 3.05) is 38.1 Å². The molecule has 18 heavy (non-hydrogen) atoms. The third kappa shape index (κ3) is 3.77. The molecule has 1 saturated heterocycles. The van der Waals surface area contributed by atoms with Crippen molar-refractivity contribution in [2.24, 2.45) is 0 Å². The van der Waals surface area contributed by atoms with E-state index in [0.29, 0.717) is 0 Å². The van der Waals surface area contributed by atoms with Crippen molar-refractivity contribution in [3.05, 3.63) is 35.1 Å². The van der Waals surface area contributed by atoms with E-state index >= 15 is 0 Å². The van der Waals surface area contributed by atoms with Crippen molar-refractivity contribution < 1.29 is 4.39 Å². The Balaban J connectivity index is 1.87. The van der Waals surface area contributed by atoms with Crippen molar-refractivity contribution in [1.82, 2.24) is 9.80 Å². The van der Waals surface area contributed by atoms with Crippen LogP contribution in [-0.2, 0) is 6.54 Å².